The molecule has 1 fully saturated rings. The van der Waals surface area contributed by atoms with Gasteiger partial charge in [-0.05, 0) is 12.8 Å². The molecule has 3 heteroatoms. The molecule has 0 bridgehead atoms. The van der Waals surface area contributed by atoms with E-state index < -0.39 is 0 Å². The smallest absolute Gasteiger partial charge is 0.381 e. The molecule has 0 spiro atoms. The Balaban J connectivity index is 0.000000211. The predicted octanol–water partition coefficient (Wildman–Crippen LogP) is 3.41. The van der Waals surface area contributed by atoms with E-state index in [4.69, 9.17) is 4.74 Å². The fourth-order valence-electron chi connectivity index (χ4n) is 1.03. The molecule has 0 amide bonds. The normalized spacial score (nSPS) is 14.8. The first-order valence-electron chi connectivity index (χ1n) is 5.05. The first kappa shape index (κ1) is 13.2. The summed E-state index contributed by atoms with van der Waals surface area (Å²) in [4.78, 5) is 0. The largest absolute Gasteiger partial charge is 0.468 e. The number of unbranched alkanes of at least 4 members (excludes halogenated alkanes) is 2. The highest BCUT2D eigenvalue weighted by Gasteiger charge is 1.94. The van der Waals surface area contributed by atoms with E-state index in [0.29, 0.717) is 0 Å². The fourth-order valence-corrected chi connectivity index (χ4v) is 2.76. The Hall–Kier alpha value is 1.21. The molecule has 0 N–H and O–H groups in total. The highest BCUT2D eigenvalue weighted by molar-refractivity contribution is 9.23. The number of hydrogen-bond acceptors (Lipinski definition) is 1. The number of halogens is 1. The summed E-state index contributed by atoms with van der Waals surface area (Å²) in [6, 6.07) is 0. The highest BCUT2D eigenvalue weighted by atomic mass is 79.9. The van der Waals surface area contributed by atoms with Crippen LogP contribution in [0.15, 0.2) is 0 Å². The monoisotopic (exact) mass is 246 g/mol. The third-order valence-electron chi connectivity index (χ3n) is 1.81. The molecule has 0 aromatic rings. The van der Waals surface area contributed by atoms with Gasteiger partial charge < -0.3 is 17.6 Å². The van der Waals surface area contributed by atoms with Crippen LogP contribution in [0.3, 0.4) is 0 Å². The lowest BCUT2D eigenvalue weighted by Crippen LogP contribution is -1.75. The van der Waals surface area contributed by atoms with Crippen LogP contribution < -0.4 is 0 Å². The van der Waals surface area contributed by atoms with E-state index in [1.807, 2.05) is 0 Å². The van der Waals surface area contributed by atoms with Crippen LogP contribution in [0.1, 0.15) is 39.0 Å². The lowest BCUT2D eigenvalue weighted by Gasteiger charge is -1.88. The minimum absolute atomic E-state index is 0.206. The molecule has 0 aliphatic carbocycles. The van der Waals surface area contributed by atoms with Crippen molar-refractivity contribution < 1.29 is 4.74 Å². The molecule has 0 atom stereocenters. The zero-order valence-electron chi connectivity index (χ0n) is 8.15. The van der Waals surface area contributed by atoms with Crippen molar-refractivity contribution in [1.82, 2.24) is 0 Å². The van der Waals surface area contributed by atoms with Crippen LogP contribution in [-0.4, -0.2) is 31.4 Å². The van der Waals surface area contributed by atoms with Crippen molar-refractivity contribution in [1.29, 1.82) is 0 Å². The van der Waals surface area contributed by atoms with Crippen molar-refractivity contribution in [2.75, 3.05) is 13.2 Å². The fraction of sp³-hybridized carbons (Fsp3) is 1.00. The number of hydrogen-bond donors (Lipinski definition) is 0. The van der Waals surface area contributed by atoms with Crippen LogP contribution in [0.4, 0.5) is 0 Å². The van der Waals surface area contributed by atoms with Gasteiger partial charge in [0.1, 0.15) is 0 Å². The Morgan fingerprint density at radius 2 is 1.92 bits per heavy atom. The third kappa shape index (κ3) is 11.2. The molecular formula is C9H19BrMgO. The van der Waals surface area contributed by atoms with Crippen molar-refractivity contribution in [3.05, 3.63) is 0 Å². The minimum Gasteiger partial charge on any atom is -0.381 e. The van der Waals surface area contributed by atoms with Crippen LogP contribution in [0.25, 0.3) is 0 Å². The zero-order chi connectivity index (χ0) is 9.07. The van der Waals surface area contributed by atoms with Gasteiger partial charge in [0.05, 0.1) is 0 Å². The van der Waals surface area contributed by atoms with E-state index >= 15 is 0 Å². The second-order valence-corrected chi connectivity index (χ2v) is 6.53. The van der Waals surface area contributed by atoms with Crippen molar-refractivity contribution in [3.8, 4) is 0 Å². The van der Waals surface area contributed by atoms with Gasteiger partial charge in [0.25, 0.3) is 0 Å². The lowest BCUT2D eigenvalue weighted by atomic mass is 10.3. The molecule has 1 rings (SSSR count). The molecule has 1 saturated heterocycles. The average molecular weight is 247 g/mol. The van der Waals surface area contributed by atoms with Gasteiger partial charge in [-0.25, -0.2) is 0 Å². The molecular weight excluding hydrogens is 228 g/mol. The quantitative estimate of drug-likeness (QED) is 0.546. The van der Waals surface area contributed by atoms with Crippen molar-refractivity contribution >= 4 is 31.1 Å². The van der Waals surface area contributed by atoms with E-state index in [1.54, 1.807) is 0 Å². The first-order valence-corrected chi connectivity index (χ1v) is 9.95. The summed E-state index contributed by atoms with van der Waals surface area (Å²) in [7, 11) is 0. The van der Waals surface area contributed by atoms with E-state index in [1.165, 1.54) is 36.7 Å². The topological polar surface area (TPSA) is 9.23 Å². The van der Waals surface area contributed by atoms with E-state index in [2.05, 4.69) is 19.8 Å². The van der Waals surface area contributed by atoms with E-state index in [0.717, 1.165) is 13.2 Å². The summed E-state index contributed by atoms with van der Waals surface area (Å²) in [6.45, 7) is 4.25. The molecule has 12 heavy (non-hydrogen) atoms. The van der Waals surface area contributed by atoms with Gasteiger partial charge in [-0.15, -0.1) is 4.55 Å². The Labute approximate surface area is 92.2 Å². The molecule has 1 aliphatic rings. The second-order valence-electron chi connectivity index (χ2n) is 3.07. The summed E-state index contributed by atoms with van der Waals surface area (Å²) >= 11 is 3.72. The third-order valence-corrected chi connectivity index (χ3v) is 4.26. The van der Waals surface area contributed by atoms with Crippen LogP contribution in [0.5, 0.6) is 0 Å². The molecule has 0 saturated carbocycles. The summed E-state index contributed by atoms with van der Waals surface area (Å²) < 4.78 is 6.42. The predicted molar refractivity (Wildman–Crippen MR) is 59.1 cm³/mol. The van der Waals surface area contributed by atoms with Gasteiger partial charge in [0.2, 0.25) is 0 Å². The summed E-state index contributed by atoms with van der Waals surface area (Å²) in [5, 5.41) is 0. The zero-order valence-corrected chi connectivity index (χ0v) is 11.2. The van der Waals surface area contributed by atoms with Crippen molar-refractivity contribution in [2.24, 2.45) is 0 Å². The highest BCUT2D eigenvalue weighted by Crippen LogP contribution is 1.99. The van der Waals surface area contributed by atoms with Gasteiger partial charge in [-0.1, -0.05) is 26.2 Å². The van der Waals surface area contributed by atoms with Crippen LogP contribution in [-0.2, 0) is 4.74 Å². The van der Waals surface area contributed by atoms with Crippen LogP contribution in [0.2, 0.25) is 4.55 Å². The van der Waals surface area contributed by atoms with Crippen LogP contribution in [0, 0.1) is 0 Å². The van der Waals surface area contributed by atoms with Gasteiger partial charge in [-0.3, -0.25) is 0 Å². The summed E-state index contributed by atoms with van der Waals surface area (Å²) in [5.74, 6) is 0. The molecule has 70 valence electrons. The molecule has 0 unspecified atom stereocenters. The standard InChI is InChI=1S/C5H11.C4H8O.BrH.Mg/c1-3-5-4-2;1-2-4-5-3-1;;/h1,3-5H2,2H3;1-4H2;1H;/q;;;+1/p-1. The van der Waals surface area contributed by atoms with Crippen molar-refractivity contribution in [3.63, 3.8) is 0 Å². The van der Waals surface area contributed by atoms with E-state index in [-0.39, 0.29) is 18.2 Å². The second kappa shape index (κ2) is 12.2. The van der Waals surface area contributed by atoms with Crippen LogP contribution >= 0.6 is 12.9 Å². The SMILES string of the molecule is C1CCOC1.CCCC[CH2][Mg][Br]. The van der Waals surface area contributed by atoms with Gasteiger partial charge in [-0.2, -0.15) is 0 Å². The van der Waals surface area contributed by atoms with Gasteiger partial charge >= 0.3 is 18.2 Å². The maximum atomic E-state index is 4.94. The summed E-state index contributed by atoms with van der Waals surface area (Å²) in [6.07, 6.45) is 6.80. The Morgan fingerprint density at radius 1 is 1.25 bits per heavy atom. The maximum absolute atomic E-state index is 4.94. The lowest BCUT2D eigenvalue weighted by molar-refractivity contribution is 0.198. The molecule has 0 aromatic heterocycles. The Bertz CT molecular complexity index is 65.3. The Kier molecular flexibility index (Phi) is 13.4. The number of rotatable bonds is 4. The average Bonchev–Trinajstić information content (AvgIpc) is 2.62. The van der Waals surface area contributed by atoms with E-state index in [9.17, 15) is 0 Å². The molecule has 1 heterocycles. The molecule has 1 aliphatic heterocycles. The molecule has 0 radical (unpaired) electrons. The first-order chi connectivity index (χ1) is 5.91. The Morgan fingerprint density at radius 3 is 2.25 bits per heavy atom. The minimum atomic E-state index is 0.206. The molecule has 1 nitrogen and oxygen atoms in total. The van der Waals surface area contributed by atoms with Crippen molar-refractivity contribution in [2.45, 2.75) is 43.6 Å². The summed E-state index contributed by atoms with van der Waals surface area (Å²) in [5.41, 5.74) is 0. The van der Waals surface area contributed by atoms with Gasteiger partial charge in [0, 0.05) is 13.2 Å². The number of ether oxygens (including phenoxy) is 1. The molecule has 0 aromatic carbocycles. The maximum Gasteiger partial charge on any atom is 0.468 e. The van der Waals surface area contributed by atoms with Gasteiger partial charge in [0.15, 0.2) is 0 Å².